The molecule has 5 aromatic carbocycles. The second-order valence-electron chi connectivity index (χ2n) is 9.53. The molecule has 6 rings (SSSR count). The number of carbonyl (C=O) groups excluding carboxylic acids is 2. The molecule has 0 N–H and O–H groups in total. The fourth-order valence-corrected chi connectivity index (χ4v) is 9.60. The second kappa shape index (κ2) is 11.5. The molecule has 0 saturated heterocycles. The predicted molar refractivity (Wildman–Crippen MR) is 156 cm³/mol. The summed E-state index contributed by atoms with van der Waals surface area (Å²) in [5, 5.41) is 4.02. The van der Waals surface area contributed by atoms with E-state index in [0.717, 1.165) is 11.7 Å². The Kier molecular flexibility index (Phi) is 7.88. The molecule has 0 aromatic heterocycles. The molecule has 1 aliphatic heterocycles. The van der Waals surface area contributed by atoms with Crippen molar-refractivity contribution < 1.29 is 26.6 Å². The average molecular weight is 592 g/mol. The van der Waals surface area contributed by atoms with Gasteiger partial charge in [-0.05, 0) is 59.7 Å². The summed E-state index contributed by atoms with van der Waals surface area (Å²) >= 11 is 0. The van der Waals surface area contributed by atoms with Crippen LogP contribution in [0.1, 0.15) is 31.8 Å². The molecular weight excluding hydrogens is 565 g/mol. The summed E-state index contributed by atoms with van der Waals surface area (Å²) in [6.45, 7) is 0.267. The van der Waals surface area contributed by atoms with E-state index in [4.69, 9.17) is 0 Å². The van der Waals surface area contributed by atoms with Crippen LogP contribution < -0.4 is 32.9 Å². The zero-order chi connectivity index (χ0) is 26.0. The van der Waals surface area contributed by atoms with Crippen LogP contribution in [0.2, 0.25) is 0 Å². The fraction of sp³-hybridized carbons (Fsp3) is 0.0588. The monoisotopic (exact) mass is 591 g/mol. The number of imide groups is 1. The van der Waals surface area contributed by atoms with Crippen LogP contribution in [-0.4, -0.2) is 16.7 Å². The van der Waals surface area contributed by atoms with Crippen LogP contribution in [0.3, 0.4) is 0 Å². The minimum atomic E-state index is -2.00. The Bertz CT molecular complexity index is 1460. The van der Waals surface area contributed by atoms with Gasteiger partial charge in [-0.1, -0.05) is 91.0 Å². The minimum absolute atomic E-state index is 0. The highest BCUT2D eigenvalue weighted by atomic mass is 79.9. The standard InChI is InChI=1S/C34H27NO2P.BrH/c36-33-31-18-10-11-19-32(31)34(37)35(33)24-26-20-22-27(23-21-26)25-38(28-12-4-1-5-13-28,29-14-6-2-7-15-29)30-16-8-3-9-17-30;/h1-23H,24-25H2;1H/q+1;/p-1. The number of hydrogen-bond donors (Lipinski definition) is 0. The van der Waals surface area contributed by atoms with Crippen molar-refractivity contribution in [1.29, 1.82) is 0 Å². The van der Waals surface area contributed by atoms with Crippen LogP contribution in [0.5, 0.6) is 0 Å². The van der Waals surface area contributed by atoms with Crippen LogP contribution in [0, 0.1) is 0 Å². The van der Waals surface area contributed by atoms with Gasteiger partial charge in [0, 0.05) is 0 Å². The lowest BCUT2D eigenvalue weighted by Crippen LogP contribution is -3.00. The van der Waals surface area contributed by atoms with E-state index in [1.54, 1.807) is 24.3 Å². The van der Waals surface area contributed by atoms with Crippen molar-refractivity contribution in [2.75, 3.05) is 0 Å². The summed E-state index contributed by atoms with van der Waals surface area (Å²) in [6.07, 6.45) is 0.873. The number of rotatable bonds is 7. The zero-order valence-corrected chi connectivity index (χ0v) is 23.8. The van der Waals surface area contributed by atoms with E-state index < -0.39 is 7.26 Å². The Labute approximate surface area is 240 Å². The molecule has 0 saturated carbocycles. The van der Waals surface area contributed by atoms with Crippen molar-refractivity contribution in [1.82, 2.24) is 4.90 Å². The summed E-state index contributed by atoms with van der Waals surface area (Å²) in [4.78, 5) is 27.0. The number of amides is 2. The van der Waals surface area contributed by atoms with E-state index in [9.17, 15) is 9.59 Å². The fourth-order valence-electron chi connectivity index (χ4n) is 5.36. The first-order valence-electron chi connectivity index (χ1n) is 12.7. The predicted octanol–water partition coefficient (Wildman–Crippen LogP) is 2.98. The molecule has 0 aliphatic carbocycles. The Hall–Kier alpha value is -3.85. The van der Waals surface area contributed by atoms with Crippen LogP contribution in [0.25, 0.3) is 0 Å². The topological polar surface area (TPSA) is 37.4 Å². The smallest absolute Gasteiger partial charge is 0.261 e. The first kappa shape index (κ1) is 26.7. The maximum atomic E-state index is 12.8. The molecule has 0 unspecified atom stereocenters. The van der Waals surface area contributed by atoms with Crippen molar-refractivity contribution in [2.45, 2.75) is 12.7 Å². The van der Waals surface area contributed by atoms with Gasteiger partial charge in [0.25, 0.3) is 11.8 Å². The zero-order valence-electron chi connectivity index (χ0n) is 21.3. The molecule has 39 heavy (non-hydrogen) atoms. The summed E-state index contributed by atoms with van der Waals surface area (Å²) in [5.74, 6) is -0.450. The van der Waals surface area contributed by atoms with Crippen molar-refractivity contribution in [3.05, 3.63) is 162 Å². The quantitative estimate of drug-likeness (QED) is 0.216. The summed E-state index contributed by atoms with van der Waals surface area (Å²) in [6, 6.07) is 47.9. The van der Waals surface area contributed by atoms with Crippen LogP contribution >= 0.6 is 7.26 Å². The molecule has 3 nitrogen and oxygen atoms in total. The summed E-state index contributed by atoms with van der Waals surface area (Å²) < 4.78 is 0. The van der Waals surface area contributed by atoms with Crippen molar-refractivity contribution >= 4 is 35.0 Å². The highest BCUT2D eigenvalue weighted by molar-refractivity contribution is 7.95. The number of halogens is 1. The molecule has 5 aromatic rings. The van der Waals surface area contributed by atoms with Crippen molar-refractivity contribution in [3.8, 4) is 0 Å². The number of nitrogens with zero attached hydrogens (tertiary/aromatic N) is 1. The van der Waals surface area contributed by atoms with Crippen LogP contribution in [0.4, 0.5) is 0 Å². The van der Waals surface area contributed by atoms with Crippen LogP contribution in [0.15, 0.2) is 140 Å². The molecule has 2 amide bonds. The van der Waals surface area contributed by atoms with Gasteiger partial charge in [-0.2, -0.15) is 0 Å². The Morgan fingerprint density at radius 2 is 0.821 bits per heavy atom. The largest absolute Gasteiger partial charge is 1.00 e. The average Bonchev–Trinajstić information content (AvgIpc) is 3.23. The van der Waals surface area contributed by atoms with Crippen LogP contribution in [-0.2, 0) is 12.7 Å². The third kappa shape index (κ3) is 4.98. The first-order chi connectivity index (χ1) is 18.7. The molecular formula is C34H27BrNO2P. The molecule has 0 bridgehead atoms. The van der Waals surface area contributed by atoms with Gasteiger partial charge >= 0.3 is 0 Å². The van der Waals surface area contributed by atoms with Gasteiger partial charge in [0.05, 0.1) is 23.8 Å². The molecule has 192 valence electrons. The van der Waals surface area contributed by atoms with Gasteiger partial charge in [0.1, 0.15) is 23.2 Å². The Balaban J connectivity index is 0.00000308. The number of carbonyl (C=O) groups is 2. The number of benzene rings is 5. The van der Waals surface area contributed by atoms with E-state index in [-0.39, 0.29) is 35.3 Å². The molecule has 1 aliphatic rings. The van der Waals surface area contributed by atoms with E-state index in [1.165, 1.54) is 26.4 Å². The van der Waals surface area contributed by atoms with E-state index in [1.807, 2.05) is 0 Å². The van der Waals surface area contributed by atoms with Gasteiger partial charge < -0.3 is 17.0 Å². The van der Waals surface area contributed by atoms with Gasteiger partial charge in [-0.3, -0.25) is 14.5 Å². The van der Waals surface area contributed by atoms with E-state index in [2.05, 4.69) is 115 Å². The normalized spacial score (nSPS) is 12.7. The summed E-state index contributed by atoms with van der Waals surface area (Å²) in [5.41, 5.74) is 3.13. The van der Waals surface area contributed by atoms with E-state index in [0.29, 0.717) is 11.1 Å². The maximum Gasteiger partial charge on any atom is 0.261 e. The SMILES string of the molecule is O=C1c2ccccc2C(=O)N1Cc1ccc(C[P+](c2ccccc2)(c2ccccc2)c2ccccc2)cc1.[Br-]. The molecule has 0 spiro atoms. The van der Waals surface area contributed by atoms with Gasteiger partial charge in [0.15, 0.2) is 0 Å². The third-order valence-electron chi connectivity index (χ3n) is 7.25. The maximum absolute atomic E-state index is 12.8. The summed E-state index contributed by atoms with van der Waals surface area (Å²) in [7, 11) is -2.00. The molecule has 0 radical (unpaired) electrons. The number of fused-ring (bicyclic) bond motifs is 1. The molecule has 0 fully saturated rings. The first-order valence-corrected chi connectivity index (χ1v) is 14.7. The van der Waals surface area contributed by atoms with E-state index >= 15 is 0 Å². The van der Waals surface area contributed by atoms with Gasteiger partial charge in [-0.15, -0.1) is 0 Å². The third-order valence-corrected chi connectivity index (χ3v) is 11.6. The Morgan fingerprint density at radius 3 is 1.23 bits per heavy atom. The van der Waals surface area contributed by atoms with Crippen molar-refractivity contribution in [3.63, 3.8) is 0 Å². The lowest BCUT2D eigenvalue weighted by molar-refractivity contribution is -0.0000304. The Morgan fingerprint density at radius 1 is 0.462 bits per heavy atom. The van der Waals surface area contributed by atoms with Crippen molar-refractivity contribution in [2.24, 2.45) is 0 Å². The second-order valence-corrected chi connectivity index (χ2v) is 13.0. The lowest BCUT2D eigenvalue weighted by atomic mass is 10.1. The molecule has 1 heterocycles. The van der Waals surface area contributed by atoms with Gasteiger partial charge in [0.2, 0.25) is 0 Å². The lowest BCUT2D eigenvalue weighted by Gasteiger charge is -2.28. The highest BCUT2D eigenvalue weighted by Gasteiger charge is 2.45. The molecule has 0 atom stereocenters. The molecule has 5 heteroatoms. The number of hydrogen-bond acceptors (Lipinski definition) is 2. The highest BCUT2D eigenvalue weighted by Crippen LogP contribution is 2.58. The minimum Gasteiger partial charge on any atom is -1.00 e. The van der Waals surface area contributed by atoms with Gasteiger partial charge in [-0.25, -0.2) is 0 Å².